The van der Waals surface area contributed by atoms with Crippen LogP contribution in [0.3, 0.4) is 0 Å². The highest BCUT2D eigenvalue weighted by molar-refractivity contribution is 5.10. The number of fused-ring (bicyclic) bond motifs is 1. The van der Waals surface area contributed by atoms with Crippen LogP contribution >= 0.6 is 0 Å². The number of aromatic nitrogens is 1. The van der Waals surface area contributed by atoms with Crippen LogP contribution < -0.4 is 0 Å². The number of rotatable bonds is 6. The molecule has 2 atom stereocenters. The van der Waals surface area contributed by atoms with Crippen molar-refractivity contribution in [1.29, 1.82) is 0 Å². The van der Waals surface area contributed by atoms with E-state index in [9.17, 15) is 0 Å². The molecule has 24 heavy (non-hydrogen) atoms. The normalized spacial score (nSPS) is 31.0. The first-order chi connectivity index (χ1) is 11.7. The molecule has 0 radical (unpaired) electrons. The molecule has 0 amide bonds. The van der Waals surface area contributed by atoms with Crippen LogP contribution in [0.5, 0.6) is 0 Å². The molecule has 4 nitrogen and oxygen atoms in total. The lowest BCUT2D eigenvalue weighted by Crippen LogP contribution is -2.56. The van der Waals surface area contributed by atoms with Gasteiger partial charge in [0.25, 0.3) is 0 Å². The first-order valence-electron chi connectivity index (χ1n) is 9.58. The molecule has 4 rings (SSSR count). The largest absolute Gasteiger partial charge is 0.380 e. The molecule has 4 heteroatoms. The lowest BCUT2D eigenvalue weighted by atomic mass is 9.73. The van der Waals surface area contributed by atoms with Crippen LogP contribution in [0.25, 0.3) is 0 Å². The van der Waals surface area contributed by atoms with Crippen molar-refractivity contribution in [3.63, 3.8) is 0 Å². The molecule has 2 saturated heterocycles. The van der Waals surface area contributed by atoms with E-state index < -0.39 is 0 Å². The minimum Gasteiger partial charge on any atom is -0.380 e. The molecule has 0 unspecified atom stereocenters. The third-order valence-electron chi connectivity index (χ3n) is 5.84. The third-order valence-corrected chi connectivity index (χ3v) is 5.84. The van der Waals surface area contributed by atoms with Gasteiger partial charge in [-0.2, -0.15) is 0 Å². The average molecular weight is 330 g/mol. The van der Waals surface area contributed by atoms with Crippen LogP contribution in [0.1, 0.15) is 43.5 Å². The van der Waals surface area contributed by atoms with Crippen LogP contribution in [0.15, 0.2) is 18.2 Å². The molecule has 3 heterocycles. The lowest BCUT2D eigenvalue weighted by Gasteiger charge is -2.50. The van der Waals surface area contributed by atoms with Gasteiger partial charge >= 0.3 is 0 Å². The summed E-state index contributed by atoms with van der Waals surface area (Å²) in [5.41, 5.74) is 2.47. The van der Waals surface area contributed by atoms with Crippen LogP contribution in [-0.4, -0.2) is 48.9 Å². The second-order valence-corrected chi connectivity index (χ2v) is 8.05. The van der Waals surface area contributed by atoms with Gasteiger partial charge in [0.2, 0.25) is 0 Å². The molecule has 1 saturated carbocycles. The predicted octanol–water partition coefficient (Wildman–Crippen LogP) is 3.19. The smallest absolute Gasteiger partial charge is 0.0677 e. The van der Waals surface area contributed by atoms with Crippen molar-refractivity contribution < 1.29 is 9.47 Å². The number of likely N-dealkylation sites (tertiary alicyclic amines) is 1. The maximum Gasteiger partial charge on any atom is 0.0677 e. The monoisotopic (exact) mass is 330 g/mol. The van der Waals surface area contributed by atoms with Gasteiger partial charge in [-0.25, -0.2) is 0 Å². The maximum atomic E-state index is 6.15. The van der Waals surface area contributed by atoms with Gasteiger partial charge < -0.3 is 9.47 Å². The van der Waals surface area contributed by atoms with Crippen LogP contribution in [0.2, 0.25) is 0 Å². The Morgan fingerprint density at radius 1 is 1.33 bits per heavy atom. The van der Waals surface area contributed by atoms with Gasteiger partial charge in [-0.3, -0.25) is 9.88 Å². The van der Waals surface area contributed by atoms with Crippen molar-refractivity contribution in [1.82, 2.24) is 9.88 Å². The third kappa shape index (κ3) is 3.81. The number of nitrogens with zero attached hydrogens (tertiary/aromatic N) is 2. The molecule has 1 aromatic heterocycles. The molecule has 1 aromatic rings. The number of ether oxygens (including phenoxy) is 2. The van der Waals surface area contributed by atoms with Crippen LogP contribution in [-0.2, 0) is 16.0 Å². The molecule has 132 valence electrons. The molecule has 0 N–H and O–H groups in total. The van der Waals surface area contributed by atoms with Gasteiger partial charge in [0.05, 0.1) is 18.4 Å². The van der Waals surface area contributed by atoms with E-state index in [-0.39, 0.29) is 5.41 Å². The molecule has 2 aliphatic heterocycles. The highest BCUT2D eigenvalue weighted by atomic mass is 16.5. The van der Waals surface area contributed by atoms with E-state index in [0.717, 1.165) is 57.5 Å². The zero-order valence-corrected chi connectivity index (χ0v) is 14.9. The Labute approximate surface area is 145 Å². The Kier molecular flexibility index (Phi) is 4.88. The van der Waals surface area contributed by atoms with Crippen LogP contribution in [0, 0.1) is 18.3 Å². The maximum absolute atomic E-state index is 6.15. The van der Waals surface area contributed by atoms with E-state index in [4.69, 9.17) is 9.47 Å². The van der Waals surface area contributed by atoms with Crippen molar-refractivity contribution >= 4 is 0 Å². The zero-order valence-electron chi connectivity index (χ0n) is 14.9. The summed E-state index contributed by atoms with van der Waals surface area (Å²) in [6, 6.07) is 6.33. The fraction of sp³-hybridized carbons (Fsp3) is 0.750. The molecule has 0 aromatic carbocycles. The van der Waals surface area contributed by atoms with Gasteiger partial charge in [-0.05, 0) is 57.1 Å². The standard InChI is InChI=1S/C20H30N2O2/c1-16-4-2-5-18(21-16)12-22-10-8-19-20(14-22,9-3-11-24-19)15-23-13-17-6-7-17/h2,4-5,17,19H,3,6-15H2,1H3/t19-,20+/m1/s1. The summed E-state index contributed by atoms with van der Waals surface area (Å²) in [7, 11) is 0. The van der Waals surface area contributed by atoms with Gasteiger partial charge in [-0.1, -0.05) is 6.07 Å². The number of hydrogen-bond donors (Lipinski definition) is 0. The second-order valence-electron chi connectivity index (χ2n) is 8.05. The van der Waals surface area contributed by atoms with Crippen molar-refractivity contribution in [2.45, 2.75) is 51.7 Å². The van der Waals surface area contributed by atoms with Crippen molar-refractivity contribution in [3.8, 4) is 0 Å². The fourth-order valence-corrected chi connectivity index (χ4v) is 4.36. The summed E-state index contributed by atoms with van der Waals surface area (Å²) in [5.74, 6) is 0.834. The summed E-state index contributed by atoms with van der Waals surface area (Å²) in [5, 5.41) is 0. The van der Waals surface area contributed by atoms with E-state index in [1.54, 1.807) is 0 Å². The van der Waals surface area contributed by atoms with Gasteiger partial charge in [-0.15, -0.1) is 0 Å². The second kappa shape index (κ2) is 7.11. The van der Waals surface area contributed by atoms with E-state index >= 15 is 0 Å². The molecule has 0 spiro atoms. The highest BCUT2D eigenvalue weighted by Crippen LogP contribution is 2.41. The quantitative estimate of drug-likeness (QED) is 0.802. The zero-order chi connectivity index (χ0) is 16.4. The summed E-state index contributed by atoms with van der Waals surface area (Å²) >= 11 is 0. The summed E-state index contributed by atoms with van der Waals surface area (Å²) in [6.07, 6.45) is 6.63. The van der Waals surface area contributed by atoms with Crippen molar-refractivity contribution in [3.05, 3.63) is 29.6 Å². The van der Waals surface area contributed by atoms with E-state index in [1.165, 1.54) is 31.4 Å². The Balaban J connectivity index is 1.41. The minimum absolute atomic E-state index is 0.190. The van der Waals surface area contributed by atoms with Crippen molar-refractivity contribution in [2.75, 3.05) is 32.9 Å². The summed E-state index contributed by atoms with van der Waals surface area (Å²) < 4.78 is 12.3. The van der Waals surface area contributed by atoms with E-state index in [1.807, 2.05) is 0 Å². The first kappa shape index (κ1) is 16.5. The van der Waals surface area contributed by atoms with Gasteiger partial charge in [0.1, 0.15) is 0 Å². The number of hydrogen-bond acceptors (Lipinski definition) is 4. The molecule has 0 bridgehead atoms. The Morgan fingerprint density at radius 3 is 3.08 bits per heavy atom. The minimum atomic E-state index is 0.190. The van der Waals surface area contributed by atoms with Crippen molar-refractivity contribution in [2.24, 2.45) is 11.3 Å². The topological polar surface area (TPSA) is 34.6 Å². The Bertz CT molecular complexity index is 560. The van der Waals surface area contributed by atoms with Gasteiger partial charge in [0, 0.05) is 44.0 Å². The Morgan fingerprint density at radius 2 is 2.25 bits per heavy atom. The highest BCUT2D eigenvalue weighted by Gasteiger charge is 2.46. The predicted molar refractivity (Wildman–Crippen MR) is 93.8 cm³/mol. The van der Waals surface area contributed by atoms with E-state index in [0.29, 0.717) is 6.10 Å². The average Bonchev–Trinajstić information content (AvgIpc) is 3.39. The molecule has 3 aliphatic rings. The van der Waals surface area contributed by atoms with Gasteiger partial charge in [0.15, 0.2) is 0 Å². The lowest BCUT2D eigenvalue weighted by molar-refractivity contribution is -0.154. The van der Waals surface area contributed by atoms with E-state index in [2.05, 4.69) is 35.0 Å². The number of piperidine rings is 1. The number of pyridine rings is 1. The summed E-state index contributed by atoms with van der Waals surface area (Å²) in [6.45, 7) is 7.94. The van der Waals surface area contributed by atoms with Crippen LogP contribution in [0.4, 0.5) is 0 Å². The fourth-order valence-electron chi connectivity index (χ4n) is 4.36. The number of aryl methyl sites for hydroxylation is 1. The molecular weight excluding hydrogens is 300 g/mol. The SMILES string of the molecule is Cc1cccc(CN2CC[C@H]3OCCC[C@@]3(COCC3CC3)C2)n1. The molecule has 1 aliphatic carbocycles. The first-order valence-corrected chi connectivity index (χ1v) is 9.58. The molecule has 3 fully saturated rings. The Hall–Kier alpha value is -0.970. The molecular formula is C20H30N2O2. The summed E-state index contributed by atoms with van der Waals surface area (Å²) in [4.78, 5) is 7.25.